The minimum atomic E-state index is 0.0788. The monoisotopic (exact) mass is 157 g/mol. The maximum absolute atomic E-state index is 7.19. The molecule has 0 aromatic carbocycles. The van der Waals surface area contributed by atoms with Gasteiger partial charge in [-0.05, 0) is 12.3 Å². The summed E-state index contributed by atoms with van der Waals surface area (Å²) in [5.41, 5.74) is 5.34. The molecule has 4 heteroatoms. The van der Waals surface area contributed by atoms with Crippen LogP contribution in [0.4, 0.5) is 0 Å². The summed E-state index contributed by atoms with van der Waals surface area (Å²) in [6.45, 7) is 1.68. The number of nitrogens with one attached hydrogen (secondary N) is 2. The standard InChI is InChI=1S/C7H15N3O/c1-11-4-5-2-6(7(8)9)10-3-5/h5-6,10H,2-4H2,1H3,(H3,8,9)/t5-,6-/m0/s1. The number of rotatable bonds is 3. The smallest absolute Gasteiger partial charge is 0.108 e. The number of amidine groups is 1. The highest BCUT2D eigenvalue weighted by molar-refractivity contribution is 5.82. The molecule has 1 aliphatic heterocycles. The van der Waals surface area contributed by atoms with Gasteiger partial charge in [0.1, 0.15) is 5.84 Å². The molecule has 2 atom stereocenters. The summed E-state index contributed by atoms with van der Waals surface area (Å²) in [6.07, 6.45) is 0.934. The Kier molecular flexibility index (Phi) is 2.84. The van der Waals surface area contributed by atoms with Crippen molar-refractivity contribution >= 4 is 5.84 Å². The van der Waals surface area contributed by atoms with Gasteiger partial charge in [-0.15, -0.1) is 0 Å². The first-order valence-corrected chi connectivity index (χ1v) is 3.80. The van der Waals surface area contributed by atoms with Crippen molar-refractivity contribution in [2.75, 3.05) is 20.3 Å². The third-order valence-electron chi connectivity index (χ3n) is 2.00. The first-order chi connectivity index (χ1) is 5.24. The molecule has 0 unspecified atom stereocenters. The van der Waals surface area contributed by atoms with Gasteiger partial charge in [0.2, 0.25) is 0 Å². The topological polar surface area (TPSA) is 71.1 Å². The fraction of sp³-hybridized carbons (Fsp3) is 0.857. The van der Waals surface area contributed by atoms with Gasteiger partial charge in [0.25, 0.3) is 0 Å². The Bertz CT molecular complexity index is 149. The van der Waals surface area contributed by atoms with Crippen molar-refractivity contribution in [1.82, 2.24) is 5.32 Å². The molecule has 0 amide bonds. The highest BCUT2D eigenvalue weighted by Crippen LogP contribution is 2.13. The molecular weight excluding hydrogens is 142 g/mol. The van der Waals surface area contributed by atoms with Gasteiger partial charge in [0.15, 0.2) is 0 Å². The molecule has 1 heterocycles. The predicted octanol–water partition coefficient (Wildman–Crippen LogP) is -0.453. The maximum Gasteiger partial charge on any atom is 0.108 e. The summed E-state index contributed by atoms with van der Waals surface area (Å²) >= 11 is 0. The Morgan fingerprint density at radius 2 is 2.55 bits per heavy atom. The molecule has 4 N–H and O–H groups in total. The fourth-order valence-electron chi connectivity index (χ4n) is 1.41. The lowest BCUT2D eigenvalue weighted by molar-refractivity contribution is 0.159. The van der Waals surface area contributed by atoms with E-state index in [1.165, 1.54) is 0 Å². The highest BCUT2D eigenvalue weighted by atomic mass is 16.5. The van der Waals surface area contributed by atoms with E-state index in [0.717, 1.165) is 19.6 Å². The van der Waals surface area contributed by atoms with Gasteiger partial charge in [0.05, 0.1) is 12.6 Å². The molecule has 0 aromatic rings. The fourth-order valence-corrected chi connectivity index (χ4v) is 1.41. The molecule has 0 saturated carbocycles. The molecule has 1 saturated heterocycles. The van der Waals surface area contributed by atoms with Crippen LogP contribution in [0.3, 0.4) is 0 Å². The second-order valence-electron chi connectivity index (χ2n) is 2.97. The van der Waals surface area contributed by atoms with Crippen molar-refractivity contribution in [2.24, 2.45) is 11.7 Å². The first kappa shape index (κ1) is 8.49. The van der Waals surface area contributed by atoms with E-state index in [-0.39, 0.29) is 11.9 Å². The molecule has 0 aliphatic carbocycles. The van der Waals surface area contributed by atoms with E-state index in [1.54, 1.807) is 7.11 Å². The summed E-state index contributed by atoms with van der Waals surface area (Å²) in [5, 5.41) is 10.3. The van der Waals surface area contributed by atoms with Gasteiger partial charge in [-0.2, -0.15) is 0 Å². The lowest BCUT2D eigenvalue weighted by atomic mass is 10.1. The minimum absolute atomic E-state index is 0.0788. The average molecular weight is 157 g/mol. The largest absolute Gasteiger partial charge is 0.386 e. The minimum Gasteiger partial charge on any atom is -0.386 e. The van der Waals surface area contributed by atoms with E-state index in [1.807, 2.05) is 0 Å². The molecule has 0 radical (unpaired) electrons. The van der Waals surface area contributed by atoms with Crippen molar-refractivity contribution in [1.29, 1.82) is 5.41 Å². The van der Waals surface area contributed by atoms with E-state index in [2.05, 4.69) is 5.32 Å². The molecular formula is C7H15N3O. The summed E-state index contributed by atoms with van der Waals surface area (Å²) < 4.78 is 5.00. The molecule has 0 aromatic heterocycles. The lowest BCUT2D eigenvalue weighted by Crippen LogP contribution is -2.35. The Morgan fingerprint density at radius 1 is 1.82 bits per heavy atom. The van der Waals surface area contributed by atoms with E-state index >= 15 is 0 Å². The Balaban J connectivity index is 2.29. The van der Waals surface area contributed by atoms with Crippen molar-refractivity contribution in [3.05, 3.63) is 0 Å². The van der Waals surface area contributed by atoms with Crippen molar-refractivity contribution in [2.45, 2.75) is 12.5 Å². The number of hydrogen-bond acceptors (Lipinski definition) is 3. The van der Waals surface area contributed by atoms with E-state index in [4.69, 9.17) is 15.9 Å². The maximum atomic E-state index is 7.19. The first-order valence-electron chi connectivity index (χ1n) is 3.80. The molecule has 64 valence electrons. The average Bonchev–Trinajstić information content (AvgIpc) is 2.37. The number of ether oxygens (including phenoxy) is 1. The van der Waals surface area contributed by atoms with Crippen LogP contribution in [-0.2, 0) is 4.74 Å². The van der Waals surface area contributed by atoms with Crippen LogP contribution < -0.4 is 11.1 Å². The second kappa shape index (κ2) is 3.69. The van der Waals surface area contributed by atoms with Gasteiger partial charge in [-0.3, -0.25) is 5.41 Å². The van der Waals surface area contributed by atoms with E-state index < -0.39 is 0 Å². The second-order valence-corrected chi connectivity index (χ2v) is 2.97. The Labute approximate surface area is 66.6 Å². The predicted molar refractivity (Wildman–Crippen MR) is 43.7 cm³/mol. The van der Waals surface area contributed by atoms with E-state index in [9.17, 15) is 0 Å². The van der Waals surface area contributed by atoms with Gasteiger partial charge in [0, 0.05) is 13.7 Å². The molecule has 1 rings (SSSR count). The summed E-state index contributed by atoms with van der Waals surface area (Å²) in [4.78, 5) is 0. The lowest BCUT2D eigenvalue weighted by Gasteiger charge is -2.07. The zero-order valence-corrected chi connectivity index (χ0v) is 6.76. The number of hydrogen-bond donors (Lipinski definition) is 3. The summed E-state index contributed by atoms with van der Waals surface area (Å²) in [6, 6.07) is 0.0788. The van der Waals surface area contributed by atoms with Gasteiger partial charge in [-0.25, -0.2) is 0 Å². The summed E-state index contributed by atoms with van der Waals surface area (Å²) in [7, 11) is 1.70. The van der Waals surface area contributed by atoms with Crippen LogP contribution in [0.5, 0.6) is 0 Å². The van der Waals surface area contributed by atoms with Crippen molar-refractivity contribution in [3.8, 4) is 0 Å². The molecule has 1 fully saturated rings. The molecule has 4 nitrogen and oxygen atoms in total. The third-order valence-corrected chi connectivity index (χ3v) is 2.00. The summed E-state index contributed by atoms with van der Waals surface area (Å²) in [5.74, 6) is 0.762. The van der Waals surface area contributed by atoms with Crippen LogP contribution in [0.2, 0.25) is 0 Å². The van der Waals surface area contributed by atoms with Gasteiger partial charge < -0.3 is 15.8 Å². The zero-order chi connectivity index (χ0) is 8.27. The van der Waals surface area contributed by atoms with Gasteiger partial charge >= 0.3 is 0 Å². The quantitative estimate of drug-likeness (QED) is 0.384. The SMILES string of the molecule is COC[C@@H]1CN[C@H](C(=N)N)C1. The Morgan fingerprint density at radius 3 is 3.00 bits per heavy atom. The van der Waals surface area contributed by atoms with Crippen LogP contribution >= 0.6 is 0 Å². The van der Waals surface area contributed by atoms with Gasteiger partial charge in [-0.1, -0.05) is 0 Å². The third kappa shape index (κ3) is 2.17. The number of nitrogens with two attached hydrogens (primary N) is 1. The van der Waals surface area contributed by atoms with Crippen LogP contribution in [0.1, 0.15) is 6.42 Å². The van der Waals surface area contributed by atoms with Crippen LogP contribution in [0.25, 0.3) is 0 Å². The zero-order valence-electron chi connectivity index (χ0n) is 6.76. The molecule has 11 heavy (non-hydrogen) atoms. The molecule has 1 aliphatic rings. The van der Waals surface area contributed by atoms with Crippen LogP contribution in [0, 0.1) is 11.3 Å². The van der Waals surface area contributed by atoms with Crippen molar-refractivity contribution in [3.63, 3.8) is 0 Å². The van der Waals surface area contributed by atoms with Crippen LogP contribution in [-0.4, -0.2) is 32.1 Å². The normalized spacial score (nSPS) is 30.6. The highest BCUT2D eigenvalue weighted by Gasteiger charge is 2.25. The van der Waals surface area contributed by atoms with Crippen LogP contribution in [0.15, 0.2) is 0 Å². The van der Waals surface area contributed by atoms with E-state index in [0.29, 0.717) is 5.92 Å². The Hall–Kier alpha value is -0.610. The van der Waals surface area contributed by atoms with Crippen molar-refractivity contribution < 1.29 is 4.74 Å². The number of methoxy groups -OCH3 is 1. The molecule has 0 spiro atoms. The molecule has 0 bridgehead atoms.